The van der Waals surface area contributed by atoms with E-state index in [9.17, 15) is 24.0 Å². The Bertz CT molecular complexity index is 2800. The van der Waals surface area contributed by atoms with Crippen LogP contribution >= 0.6 is 11.3 Å². The smallest absolute Gasteiger partial charge is 0.260 e. The molecule has 392 valence electrons. The molecule has 5 aromatic rings. The third-order valence-electron chi connectivity index (χ3n) is 14.8. The number of hydrogen-bond donors (Lipinski definition) is 3. The van der Waals surface area contributed by atoms with Gasteiger partial charge in [-0.15, -0.1) is 11.3 Å². The number of fused-ring (bicyclic) bond motifs is 2. The van der Waals surface area contributed by atoms with E-state index in [-0.39, 0.29) is 47.5 Å². The minimum absolute atomic E-state index is 0.0148. The lowest BCUT2D eigenvalue weighted by atomic mass is 9.85. The fourth-order valence-electron chi connectivity index (χ4n) is 10.2. The summed E-state index contributed by atoms with van der Waals surface area (Å²) in [6, 6.07) is 21.5. The first-order valence-corrected chi connectivity index (χ1v) is 27.1. The Morgan fingerprint density at radius 3 is 2.26 bits per heavy atom. The van der Waals surface area contributed by atoms with E-state index in [1.54, 1.807) is 34.4 Å². The molecule has 0 bridgehead atoms. The predicted molar refractivity (Wildman–Crippen MR) is 293 cm³/mol. The van der Waals surface area contributed by atoms with Crippen LogP contribution in [0.4, 0.5) is 28.8 Å². The summed E-state index contributed by atoms with van der Waals surface area (Å²) in [6.45, 7) is 20.2. The van der Waals surface area contributed by atoms with Gasteiger partial charge in [-0.05, 0) is 112 Å². The molecule has 8 rings (SSSR count). The van der Waals surface area contributed by atoms with Crippen LogP contribution in [0.5, 0.6) is 0 Å². The van der Waals surface area contributed by atoms with E-state index in [1.165, 1.54) is 0 Å². The summed E-state index contributed by atoms with van der Waals surface area (Å²) in [7, 11) is 1.75. The van der Waals surface area contributed by atoms with Crippen LogP contribution in [-0.2, 0) is 14.4 Å². The second kappa shape index (κ2) is 23.2. The van der Waals surface area contributed by atoms with E-state index in [4.69, 9.17) is 4.98 Å². The van der Waals surface area contributed by atoms with Crippen molar-refractivity contribution in [1.82, 2.24) is 40.3 Å². The SMILES string of the molecule is CCC(C)N1c2ccccc2C(=O)N(C)c2cnc(Nc3ccc(C(=O)N4CCN(CCCCCC(=O)N[C@H](C(=O)N5C[C@H](C)C[C@H]5C(=O)N[C@@H](C)c5ccc(-c6scnc6C)cc5)C(C)(C)C)CC4)cc3)nc21. The molecule has 2 fully saturated rings. The minimum Gasteiger partial charge on any atom is -0.348 e. The average Bonchev–Trinajstić information content (AvgIpc) is 4.00. The highest BCUT2D eigenvalue weighted by molar-refractivity contribution is 7.13. The second-order valence-corrected chi connectivity index (χ2v) is 22.2. The summed E-state index contributed by atoms with van der Waals surface area (Å²) < 4.78 is 0. The van der Waals surface area contributed by atoms with Gasteiger partial charge in [-0.1, -0.05) is 77.4 Å². The van der Waals surface area contributed by atoms with Crippen molar-refractivity contribution in [3.63, 3.8) is 0 Å². The molecule has 5 heterocycles. The van der Waals surface area contributed by atoms with Gasteiger partial charge < -0.3 is 35.6 Å². The third kappa shape index (κ3) is 12.1. The highest BCUT2D eigenvalue weighted by atomic mass is 32.1. The molecule has 5 atom stereocenters. The van der Waals surface area contributed by atoms with Crippen LogP contribution in [0.1, 0.15) is 125 Å². The predicted octanol–water partition coefficient (Wildman–Crippen LogP) is 9.14. The number of rotatable bonds is 17. The summed E-state index contributed by atoms with van der Waals surface area (Å²) in [5.74, 6) is 0.464. The first-order chi connectivity index (χ1) is 35.4. The maximum atomic E-state index is 14.3. The molecule has 0 saturated carbocycles. The van der Waals surface area contributed by atoms with Crippen molar-refractivity contribution < 1.29 is 24.0 Å². The van der Waals surface area contributed by atoms with Crippen LogP contribution in [0.3, 0.4) is 0 Å². The highest BCUT2D eigenvalue weighted by Gasteiger charge is 2.44. The van der Waals surface area contributed by atoms with E-state index in [2.05, 4.69) is 68.6 Å². The third-order valence-corrected chi connectivity index (χ3v) is 15.8. The number of hydrogen-bond acceptors (Lipinski definition) is 12. The van der Waals surface area contributed by atoms with E-state index in [0.29, 0.717) is 67.5 Å². The minimum atomic E-state index is -0.776. The molecule has 3 aliphatic heterocycles. The molecule has 3 N–H and O–H groups in total. The number of likely N-dealkylation sites (tertiary alicyclic amines) is 1. The number of thiazole rings is 1. The number of carbonyl (C=O) groups is 5. The maximum absolute atomic E-state index is 14.3. The van der Waals surface area contributed by atoms with Gasteiger partial charge >= 0.3 is 0 Å². The molecule has 2 aromatic heterocycles. The van der Waals surface area contributed by atoms with Crippen LogP contribution < -0.4 is 25.8 Å². The van der Waals surface area contributed by atoms with Crippen LogP contribution in [0.2, 0.25) is 0 Å². The van der Waals surface area contributed by atoms with Gasteiger partial charge in [0, 0.05) is 63.5 Å². The van der Waals surface area contributed by atoms with Gasteiger partial charge in [-0.25, -0.2) is 9.97 Å². The normalized spacial score (nSPS) is 18.3. The molecule has 3 aliphatic rings. The number of amides is 5. The number of nitrogens with zero attached hydrogens (tertiary/aromatic N) is 8. The van der Waals surface area contributed by atoms with Crippen molar-refractivity contribution in [1.29, 1.82) is 0 Å². The number of aromatic nitrogens is 3. The molecule has 3 aromatic carbocycles. The molecule has 2 saturated heterocycles. The first kappa shape index (κ1) is 53.6. The Morgan fingerprint density at radius 2 is 1.58 bits per heavy atom. The zero-order valence-electron chi connectivity index (χ0n) is 44.5. The molecule has 1 unspecified atom stereocenters. The number of nitrogens with one attached hydrogen (secondary N) is 3. The van der Waals surface area contributed by atoms with Crippen LogP contribution in [0.25, 0.3) is 10.4 Å². The molecule has 0 radical (unpaired) electrons. The topological polar surface area (TPSA) is 176 Å². The van der Waals surface area contributed by atoms with E-state index >= 15 is 0 Å². The Hall–Kier alpha value is -6.72. The molecule has 74 heavy (non-hydrogen) atoms. The molecule has 17 heteroatoms. The summed E-state index contributed by atoms with van der Waals surface area (Å²) in [4.78, 5) is 93.3. The zero-order chi connectivity index (χ0) is 52.8. The van der Waals surface area contributed by atoms with E-state index < -0.39 is 17.5 Å². The number of carbonyl (C=O) groups excluding carboxylic acids is 5. The van der Waals surface area contributed by atoms with Crippen LogP contribution in [-0.4, -0.2) is 124 Å². The monoisotopic (exact) mass is 1020 g/mol. The van der Waals surface area contributed by atoms with Crippen LogP contribution in [0.15, 0.2) is 84.5 Å². The lowest BCUT2D eigenvalue weighted by molar-refractivity contribution is -0.144. The second-order valence-electron chi connectivity index (χ2n) is 21.4. The molecule has 0 aliphatic carbocycles. The molecular formula is C57H73N11O5S. The van der Waals surface area contributed by atoms with Crippen LogP contribution in [0, 0.1) is 18.3 Å². The standard InChI is InChI=1S/C57H73N11O5S/c1-10-37(3)68-45-17-14-13-16-44(45)54(72)64(9)47-33-58-56(63-51(47)68)61-43-25-23-42(24-26-43)53(71)66-30-28-65(29-31-66)27-15-11-12-18-48(69)62-50(57(6,7)8)55(73)67-34-36(2)32-46(67)52(70)60-38(4)40-19-21-41(22-20-40)49-39(5)59-35-74-49/h13-14,16-17,19-26,33,35-38,46,50H,10-12,15,18,27-32,34H2,1-9H3,(H,60,70)(H,62,69)(H,58,61,63)/t36-,37?,38+,46+,50-/m1/s1. The van der Waals surface area contributed by atoms with Gasteiger partial charge in [0.05, 0.1) is 39.6 Å². The van der Waals surface area contributed by atoms with Crippen molar-refractivity contribution in [2.45, 2.75) is 118 Å². The Morgan fingerprint density at radius 1 is 0.865 bits per heavy atom. The largest absolute Gasteiger partial charge is 0.348 e. The fourth-order valence-corrected chi connectivity index (χ4v) is 11.0. The number of para-hydroxylation sites is 1. The Kier molecular flexibility index (Phi) is 16.8. The maximum Gasteiger partial charge on any atom is 0.260 e. The number of piperazine rings is 1. The van der Waals surface area contributed by atoms with Gasteiger partial charge in [0.1, 0.15) is 17.8 Å². The zero-order valence-corrected chi connectivity index (χ0v) is 45.3. The molecule has 16 nitrogen and oxygen atoms in total. The number of unbranched alkanes of at least 4 members (excludes halogenated alkanes) is 2. The van der Waals surface area contributed by atoms with Crippen molar-refractivity contribution in [3.8, 4) is 10.4 Å². The van der Waals surface area contributed by atoms with Crippen molar-refractivity contribution in [3.05, 3.63) is 107 Å². The summed E-state index contributed by atoms with van der Waals surface area (Å²) >= 11 is 1.60. The first-order valence-electron chi connectivity index (χ1n) is 26.2. The van der Waals surface area contributed by atoms with Gasteiger partial charge in [-0.3, -0.25) is 28.9 Å². The lowest BCUT2D eigenvalue weighted by Crippen LogP contribution is -2.57. The molecule has 5 amide bonds. The average molecular weight is 1020 g/mol. The quantitative estimate of drug-likeness (QED) is 0.0758. The Balaban J connectivity index is 0.766. The number of benzene rings is 3. The number of anilines is 5. The highest BCUT2D eigenvalue weighted by Crippen LogP contribution is 2.41. The van der Waals surface area contributed by atoms with Gasteiger partial charge in [0.25, 0.3) is 11.8 Å². The van der Waals surface area contributed by atoms with Crippen molar-refractivity contribution in [2.24, 2.45) is 11.3 Å². The Labute approximate surface area is 440 Å². The van der Waals surface area contributed by atoms with Gasteiger partial charge in [0.2, 0.25) is 23.7 Å². The summed E-state index contributed by atoms with van der Waals surface area (Å²) in [6.07, 6.45) is 5.85. The summed E-state index contributed by atoms with van der Waals surface area (Å²) in [5.41, 5.74) is 7.71. The number of aryl methyl sites for hydroxylation is 1. The lowest BCUT2D eigenvalue weighted by Gasteiger charge is -2.35. The molecule has 0 spiro atoms. The van der Waals surface area contributed by atoms with Gasteiger partial charge in [0.15, 0.2) is 5.82 Å². The van der Waals surface area contributed by atoms with E-state index in [1.807, 2.05) is 106 Å². The molecular weight excluding hydrogens is 951 g/mol. The van der Waals surface area contributed by atoms with E-state index in [0.717, 1.165) is 72.0 Å². The van der Waals surface area contributed by atoms with Gasteiger partial charge in [-0.2, -0.15) is 4.98 Å². The van der Waals surface area contributed by atoms with Crippen molar-refractivity contribution in [2.75, 3.05) is 61.4 Å². The van der Waals surface area contributed by atoms with Crippen molar-refractivity contribution >= 4 is 69.7 Å². The fraction of sp³-hybridized carbons (Fsp3) is 0.474. The summed E-state index contributed by atoms with van der Waals surface area (Å²) in [5, 5.41) is 9.53.